The van der Waals surface area contributed by atoms with Crippen LogP contribution >= 0.6 is 0 Å². The summed E-state index contributed by atoms with van der Waals surface area (Å²) >= 11 is 0. The molecular formula is C13H22N2. The first-order chi connectivity index (χ1) is 7.04. The third kappa shape index (κ3) is 3.33. The first-order valence-electron chi connectivity index (χ1n) is 5.57. The summed E-state index contributed by atoms with van der Waals surface area (Å²) in [5, 5.41) is 0. The van der Waals surface area contributed by atoms with Crippen LogP contribution in [-0.4, -0.2) is 6.54 Å². The molecule has 0 saturated carbocycles. The van der Waals surface area contributed by atoms with Gasteiger partial charge in [-0.2, -0.15) is 0 Å². The van der Waals surface area contributed by atoms with E-state index in [-0.39, 0.29) is 6.04 Å². The van der Waals surface area contributed by atoms with E-state index in [1.54, 1.807) is 0 Å². The molecule has 0 aromatic heterocycles. The van der Waals surface area contributed by atoms with Gasteiger partial charge in [0.05, 0.1) is 0 Å². The Morgan fingerprint density at radius 2 is 1.87 bits per heavy atom. The Labute approximate surface area is 92.7 Å². The van der Waals surface area contributed by atoms with Crippen molar-refractivity contribution in [3.05, 3.63) is 34.9 Å². The maximum atomic E-state index is 6.13. The third-order valence-corrected chi connectivity index (χ3v) is 3.02. The zero-order valence-electron chi connectivity index (χ0n) is 9.96. The molecule has 1 rings (SSSR count). The van der Waals surface area contributed by atoms with Crippen molar-refractivity contribution in [1.29, 1.82) is 0 Å². The number of aryl methyl sites for hydroxylation is 2. The Hall–Kier alpha value is -0.860. The first-order valence-corrected chi connectivity index (χ1v) is 5.57. The largest absolute Gasteiger partial charge is 0.330 e. The highest BCUT2D eigenvalue weighted by atomic mass is 14.6. The molecule has 0 amide bonds. The van der Waals surface area contributed by atoms with Gasteiger partial charge in [0.15, 0.2) is 0 Å². The highest BCUT2D eigenvalue weighted by Gasteiger charge is 2.10. The van der Waals surface area contributed by atoms with Crippen LogP contribution in [0.5, 0.6) is 0 Å². The monoisotopic (exact) mass is 206 g/mol. The quantitative estimate of drug-likeness (QED) is 0.794. The number of rotatable bonds is 4. The molecule has 4 N–H and O–H groups in total. The van der Waals surface area contributed by atoms with Gasteiger partial charge in [-0.25, -0.2) is 0 Å². The van der Waals surface area contributed by atoms with Crippen LogP contribution in [0.2, 0.25) is 0 Å². The van der Waals surface area contributed by atoms with Crippen LogP contribution in [0, 0.1) is 19.8 Å². The van der Waals surface area contributed by atoms with Crippen molar-refractivity contribution in [3.63, 3.8) is 0 Å². The summed E-state index contributed by atoms with van der Waals surface area (Å²) in [6, 6.07) is 6.56. The standard InChI is InChI=1S/C13H22N2/c1-9(8-14)6-13(15)12-5-4-10(2)11(3)7-12/h4-5,7,9,13H,6,8,14-15H2,1-3H3. The maximum absolute atomic E-state index is 6.13. The lowest BCUT2D eigenvalue weighted by atomic mass is 9.94. The second-order valence-electron chi connectivity index (χ2n) is 4.53. The van der Waals surface area contributed by atoms with E-state index >= 15 is 0 Å². The molecule has 1 aromatic carbocycles. The summed E-state index contributed by atoms with van der Waals surface area (Å²) in [5.74, 6) is 0.488. The van der Waals surface area contributed by atoms with Crippen LogP contribution in [0.15, 0.2) is 18.2 Å². The normalized spacial score (nSPS) is 15.0. The van der Waals surface area contributed by atoms with E-state index in [9.17, 15) is 0 Å². The van der Waals surface area contributed by atoms with Gasteiger partial charge in [-0.05, 0) is 49.4 Å². The lowest BCUT2D eigenvalue weighted by Gasteiger charge is -2.17. The van der Waals surface area contributed by atoms with E-state index in [2.05, 4.69) is 39.0 Å². The molecule has 2 nitrogen and oxygen atoms in total. The van der Waals surface area contributed by atoms with Gasteiger partial charge in [0.25, 0.3) is 0 Å². The molecule has 84 valence electrons. The molecule has 0 bridgehead atoms. The number of nitrogens with two attached hydrogens (primary N) is 2. The fraction of sp³-hybridized carbons (Fsp3) is 0.538. The zero-order chi connectivity index (χ0) is 11.4. The summed E-state index contributed by atoms with van der Waals surface area (Å²) in [6.45, 7) is 7.09. The van der Waals surface area contributed by atoms with Crippen molar-refractivity contribution in [2.75, 3.05) is 6.54 Å². The predicted octanol–water partition coefficient (Wildman–Crippen LogP) is 2.29. The molecule has 1 aromatic rings. The molecule has 0 aliphatic rings. The van der Waals surface area contributed by atoms with Crippen LogP contribution < -0.4 is 11.5 Å². The average Bonchev–Trinajstić information content (AvgIpc) is 2.21. The minimum Gasteiger partial charge on any atom is -0.330 e. The topological polar surface area (TPSA) is 52.0 Å². The fourth-order valence-electron chi connectivity index (χ4n) is 1.66. The van der Waals surface area contributed by atoms with Gasteiger partial charge in [-0.15, -0.1) is 0 Å². The minimum atomic E-state index is 0.114. The van der Waals surface area contributed by atoms with Gasteiger partial charge in [-0.3, -0.25) is 0 Å². The Bertz CT molecular complexity index is 320. The second-order valence-corrected chi connectivity index (χ2v) is 4.53. The Morgan fingerprint density at radius 1 is 1.20 bits per heavy atom. The number of hydrogen-bond acceptors (Lipinski definition) is 2. The van der Waals surface area contributed by atoms with Gasteiger partial charge in [0, 0.05) is 6.04 Å². The molecule has 2 heteroatoms. The van der Waals surface area contributed by atoms with E-state index < -0.39 is 0 Å². The molecular weight excluding hydrogens is 184 g/mol. The van der Waals surface area contributed by atoms with Crippen LogP contribution in [0.3, 0.4) is 0 Å². The smallest absolute Gasteiger partial charge is 0.0297 e. The fourth-order valence-corrected chi connectivity index (χ4v) is 1.66. The van der Waals surface area contributed by atoms with Crippen molar-refractivity contribution < 1.29 is 0 Å². The minimum absolute atomic E-state index is 0.114. The van der Waals surface area contributed by atoms with Gasteiger partial charge in [-0.1, -0.05) is 25.1 Å². The van der Waals surface area contributed by atoms with E-state index in [1.165, 1.54) is 16.7 Å². The van der Waals surface area contributed by atoms with Crippen LogP contribution in [0.4, 0.5) is 0 Å². The molecule has 0 heterocycles. The van der Waals surface area contributed by atoms with Crippen molar-refractivity contribution in [2.24, 2.45) is 17.4 Å². The molecule has 0 aliphatic heterocycles. The number of hydrogen-bond donors (Lipinski definition) is 2. The summed E-state index contributed by atoms with van der Waals surface area (Å²) in [5.41, 5.74) is 15.6. The van der Waals surface area contributed by atoms with Crippen LogP contribution in [-0.2, 0) is 0 Å². The molecule has 0 aliphatic carbocycles. The first kappa shape index (κ1) is 12.2. The predicted molar refractivity (Wildman–Crippen MR) is 65.7 cm³/mol. The third-order valence-electron chi connectivity index (χ3n) is 3.02. The molecule has 0 radical (unpaired) electrons. The molecule has 0 fully saturated rings. The SMILES string of the molecule is Cc1ccc(C(N)CC(C)CN)cc1C. The Morgan fingerprint density at radius 3 is 2.40 bits per heavy atom. The summed E-state index contributed by atoms with van der Waals surface area (Å²) < 4.78 is 0. The summed E-state index contributed by atoms with van der Waals surface area (Å²) in [4.78, 5) is 0. The van der Waals surface area contributed by atoms with E-state index in [0.717, 1.165) is 6.42 Å². The summed E-state index contributed by atoms with van der Waals surface area (Å²) in [7, 11) is 0. The van der Waals surface area contributed by atoms with E-state index in [4.69, 9.17) is 11.5 Å². The average molecular weight is 206 g/mol. The van der Waals surface area contributed by atoms with Crippen LogP contribution in [0.1, 0.15) is 36.1 Å². The van der Waals surface area contributed by atoms with Gasteiger partial charge >= 0.3 is 0 Å². The highest BCUT2D eigenvalue weighted by molar-refractivity contribution is 5.31. The van der Waals surface area contributed by atoms with Crippen molar-refractivity contribution in [2.45, 2.75) is 33.2 Å². The maximum Gasteiger partial charge on any atom is 0.0297 e. The van der Waals surface area contributed by atoms with E-state index in [0.29, 0.717) is 12.5 Å². The zero-order valence-corrected chi connectivity index (χ0v) is 9.96. The second kappa shape index (κ2) is 5.29. The van der Waals surface area contributed by atoms with E-state index in [1.807, 2.05) is 0 Å². The Balaban J connectivity index is 2.73. The summed E-state index contributed by atoms with van der Waals surface area (Å²) in [6.07, 6.45) is 0.957. The molecule has 2 atom stereocenters. The van der Waals surface area contributed by atoms with Crippen molar-refractivity contribution in [1.82, 2.24) is 0 Å². The lowest BCUT2D eigenvalue weighted by Crippen LogP contribution is -2.19. The molecule has 2 unspecified atom stereocenters. The molecule has 0 saturated heterocycles. The van der Waals surface area contributed by atoms with Gasteiger partial charge < -0.3 is 11.5 Å². The van der Waals surface area contributed by atoms with Gasteiger partial charge in [0.2, 0.25) is 0 Å². The lowest BCUT2D eigenvalue weighted by molar-refractivity contribution is 0.482. The number of benzene rings is 1. The molecule has 0 spiro atoms. The molecule has 15 heavy (non-hydrogen) atoms. The van der Waals surface area contributed by atoms with Gasteiger partial charge in [0.1, 0.15) is 0 Å². The highest BCUT2D eigenvalue weighted by Crippen LogP contribution is 2.20. The van der Waals surface area contributed by atoms with Crippen LogP contribution in [0.25, 0.3) is 0 Å². The van der Waals surface area contributed by atoms with Crippen molar-refractivity contribution >= 4 is 0 Å². The van der Waals surface area contributed by atoms with Crippen molar-refractivity contribution in [3.8, 4) is 0 Å². The Kier molecular flexibility index (Phi) is 4.30.